The Kier molecular flexibility index (Phi) is 3.51. The summed E-state index contributed by atoms with van der Waals surface area (Å²) in [6.07, 6.45) is 1.26. The molecule has 0 bridgehead atoms. The third-order valence-electron chi connectivity index (χ3n) is 2.62. The van der Waals surface area contributed by atoms with Crippen molar-refractivity contribution in [3.05, 3.63) is 30.1 Å². The Morgan fingerprint density at radius 2 is 2.12 bits per heavy atom. The van der Waals surface area contributed by atoms with Crippen molar-refractivity contribution in [1.82, 2.24) is 9.55 Å². The number of hydrogen-bond donors (Lipinski definition) is 1. The van der Waals surface area contributed by atoms with Crippen molar-refractivity contribution in [1.29, 1.82) is 0 Å². The van der Waals surface area contributed by atoms with Crippen LogP contribution in [0.5, 0.6) is 0 Å². The van der Waals surface area contributed by atoms with E-state index < -0.39 is 0 Å². The van der Waals surface area contributed by atoms with Crippen molar-refractivity contribution in [2.24, 2.45) is 5.73 Å². The van der Waals surface area contributed by atoms with Crippen LogP contribution in [0.15, 0.2) is 24.3 Å². The Morgan fingerprint density at radius 3 is 2.88 bits per heavy atom. The number of rotatable bonds is 5. The number of fused-ring (bicyclic) bond motifs is 1. The molecule has 0 saturated heterocycles. The third kappa shape index (κ3) is 2.07. The van der Waals surface area contributed by atoms with E-state index in [-0.39, 0.29) is 6.67 Å². The number of aryl methyl sites for hydroxylation is 1. The van der Waals surface area contributed by atoms with Gasteiger partial charge in [0.05, 0.1) is 17.7 Å². The van der Waals surface area contributed by atoms with Gasteiger partial charge in [0.1, 0.15) is 5.82 Å². The van der Waals surface area contributed by atoms with Gasteiger partial charge in [0.25, 0.3) is 0 Å². The third-order valence-corrected chi connectivity index (χ3v) is 2.62. The van der Waals surface area contributed by atoms with Crippen LogP contribution in [-0.4, -0.2) is 22.8 Å². The highest BCUT2D eigenvalue weighted by Gasteiger charge is 2.08. The number of nitrogens with two attached hydrogens (primary N) is 1. The Morgan fingerprint density at radius 1 is 1.31 bits per heavy atom. The summed E-state index contributed by atoms with van der Waals surface area (Å²) in [4.78, 5) is 4.52. The van der Waals surface area contributed by atoms with Gasteiger partial charge >= 0.3 is 0 Å². The number of halogens is 1. The van der Waals surface area contributed by atoms with E-state index in [0.29, 0.717) is 19.5 Å². The Balaban J connectivity index is 2.42. The molecule has 1 aromatic heterocycles. The van der Waals surface area contributed by atoms with Crippen LogP contribution in [-0.2, 0) is 13.0 Å². The van der Waals surface area contributed by atoms with Crippen LogP contribution >= 0.6 is 0 Å². The van der Waals surface area contributed by atoms with E-state index in [9.17, 15) is 4.39 Å². The molecule has 0 atom stereocenters. The predicted molar refractivity (Wildman–Crippen MR) is 63.1 cm³/mol. The summed E-state index contributed by atoms with van der Waals surface area (Å²) in [5, 5.41) is 0. The first kappa shape index (κ1) is 11.1. The van der Waals surface area contributed by atoms with Crippen molar-refractivity contribution in [3.8, 4) is 0 Å². The molecule has 2 aromatic rings. The summed E-state index contributed by atoms with van der Waals surface area (Å²) >= 11 is 0. The van der Waals surface area contributed by atoms with Crippen molar-refractivity contribution in [2.75, 3.05) is 13.2 Å². The zero-order valence-electron chi connectivity index (χ0n) is 9.19. The zero-order chi connectivity index (χ0) is 11.4. The molecule has 0 amide bonds. The Hall–Kier alpha value is -1.42. The molecule has 0 radical (unpaired) electrons. The van der Waals surface area contributed by atoms with Crippen molar-refractivity contribution in [2.45, 2.75) is 19.4 Å². The summed E-state index contributed by atoms with van der Waals surface area (Å²) in [6.45, 7) is 0.944. The van der Waals surface area contributed by atoms with E-state index in [0.717, 1.165) is 23.3 Å². The minimum absolute atomic E-state index is 0.297. The topological polar surface area (TPSA) is 43.8 Å². The van der Waals surface area contributed by atoms with Gasteiger partial charge in [-0.05, 0) is 25.1 Å². The van der Waals surface area contributed by atoms with Crippen molar-refractivity contribution >= 4 is 11.0 Å². The van der Waals surface area contributed by atoms with E-state index in [1.807, 2.05) is 24.3 Å². The van der Waals surface area contributed by atoms with E-state index >= 15 is 0 Å². The van der Waals surface area contributed by atoms with Crippen LogP contribution < -0.4 is 5.73 Å². The van der Waals surface area contributed by atoms with Gasteiger partial charge in [-0.15, -0.1) is 0 Å². The van der Waals surface area contributed by atoms with E-state index in [2.05, 4.69) is 9.55 Å². The van der Waals surface area contributed by atoms with Crippen molar-refractivity contribution < 1.29 is 4.39 Å². The number of alkyl halides is 1. The lowest BCUT2D eigenvalue weighted by Gasteiger charge is -2.06. The largest absolute Gasteiger partial charge is 0.330 e. The van der Waals surface area contributed by atoms with Gasteiger partial charge in [0.2, 0.25) is 0 Å². The van der Waals surface area contributed by atoms with Crippen LogP contribution in [0.2, 0.25) is 0 Å². The fourth-order valence-electron chi connectivity index (χ4n) is 1.91. The second-order valence-corrected chi connectivity index (χ2v) is 3.75. The fourth-order valence-corrected chi connectivity index (χ4v) is 1.91. The van der Waals surface area contributed by atoms with Gasteiger partial charge in [-0.2, -0.15) is 0 Å². The van der Waals surface area contributed by atoms with E-state index in [4.69, 9.17) is 5.73 Å². The highest BCUT2D eigenvalue weighted by atomic mass is 19.1. The number of nitrogens with zero attached hydrogens (tertiary/aromatic N) is 2. The monoisotopic (exact) mass is 221 g/mol. The zero-order valence-corrected chi connectivity index (χ0v) is 9.19. The Bertz CT molecular complexity index is 464. The quantitative estimate of drug-likeness (QED) is 0.838. The normalized spacial score (nSPS) is 11.1. The molecule has 1 heterocycles. The molecule has 86 valence electrons. The van der Waals surface area contributed by atoms with Crippen LogP contribution in [0.4, 0.5) is 4.39 Å². The molecular formula is C12H16FN3. The van der Waals surface area contributed by atoms with Crippen LogP contribution in [0.3, 0.4) is 0 Å². The molecule has 0 aliphatic heterocycles. The van der Waals surface area contributed by atoms with E-state index in [1.165, 1.54) is 0 Å². The van der Waals surface area contributed by atoms with Gasteiger partial charge in [-0.25, -0.2) is 4.98 Å². The maximum absolute atomic E-state index is 12.2. The number of benzene rings is 1. The van der Waals surface area contributed by atoms with Gasteiger partial charge in [0, 0.05) is 13.0 Å². The molecular weight excluding hydrogens is 205 g/mol. The van der Waals surface area contributed by atoms with Crippen molar-refractivity contribution in [3.63, 3.8) is 0 Å². The van der Waals surface area contributed by atoms with Gasteiger partial charge in [0.15, 0.2) is 0 Å². The summed E-state index contributed by atoms with van der Waals surface area (Å²) in [6, 6.07) is 7.92. The minimum Gasteiger partial charge on any atom is -0.330 e. The molecule has 0 spiro atoms. The SMILES string of the molecule is NCCc1nc2ccccc2n1CCCF. The minimum atomic E-state index is -0.297. The predicted octanol–water partition coefficient (Wildman–Crippen LogP) is 1.90. The molecule has 0 aliphatic rings. The first-order valence-electron chi connectivity index (χ1n) is 5.57. The molecule has 2 rings (SSSR count). The van der Waals surface area contributed by atoms with E-state index in [1.54, 1.807) is 0 Å². The lowest BCUT2D eigenvalue weighted by Crippen LogP contribution is -2.10. The molecule has 3 nitrogen and oxygen atoms in total. The molecule has 0 unspecified atom stereocenters. The maximum Gasteiger partial charge on any atom is 0.111 e. The molecule has 16 heavy (non-hydrogen) atoms. The summed E-state index contributed by atoms with van der Waals surface area (Å²) in [5.41, 5.74) is 7.58. The average Bonchev–Trinajstić information content (AvgIpc) is 2.65. The fraction of sp³-hybridized carbons (Fsp3) is 0.417. The lowest BCUT2D eigenvalue weighted by molar-refractivity contribution is 0.446. The first-order valence-corrected chi connectivity index (χ1v) is 5.57. The maximum atomic E-state index is 12.2. The number of para-hydroxylation sites is 2. The smallest absolute Gasteiger partial charge is 0.111 e. The molecule has 2 N–H and O–H groups in total. The second-order valence-electron chi connectivity index (χ2n) is 3.75. The standard InChI is InChI=1S/C12H16FN3/c13-7-3-9-16-11-5-2-1-4-10(11)15-12(16)6-8-14/h1-2,4-5H,3,6-9,14H2. The molecule has 0 saturated carbocycles. The van der Waals surface area contributed by atoms with Gasteiger partial charge < -0.3 is 10.3 Å². The Labute approximate surface area is 94.1 Å². The molecule has 4 heteroatoms. The summed E-state index contributed by atoms with van der Waals surface area (Å²) in [7, 11) is 0. The van der Waals surface area contributed by atoms with Crippen LogP contribution in [0, 0.1) is 0 Å². The van der Waals surface area contributed by atoms with Gasteiger partial charge in [-0.1, -0.05) is 12.1 Å². The molecule has 1 aromatic carbocycles. The van der Waals surface area contributed by atoms with Crippen LogP contribution in [0.1, 0.15) is 12.2 Å². The molecule has 0 fully saturated rings. The lowest BCUT2D eigenvalue weighted by atomic mass is 10.3. The number of imidazole rings is 1. The van der Waals surface area contributed by atoms with Gasteiger partial charge in [-0.3, -0.25) is 4.39 Å². The first-order chi connectivity index (χ1) is 7.86. The number of aromatic nitrogens is 2. The summed E-state index contributed by atoms with van der Waals surface area (Å²) < 4.78 is 14.3. The highest BCUT2D eigenvalue weighted by molar-refractivity contribution is 5.75. The molecule has 0 aliphatic carbocycles. The number of hydrogen-bond acceptors (Lipinski definition) is 2. The highest BCUT2D eigenvalue weighted by Crippen LogP contribution is 2.16. The summed E-state index contributed by atoms with van der Waals surface area (Å²) in [5.74, 6) is 0.956. The average molecular weight is 221 g/mol. The van der Waals surface area contributed by atoms with Crippen LogP contribution in [0.25, 0.3) is 11.0 Å². The second kappa shape index (κ2) is 5.07.